The lowest BCUT2D eigenvalue weighted by Crippen LogP contribution is -2.28. The Morgan fingerprint density at radius 1 is 1.07 bits per heavy atom. The summed E-state index contributed by atoms with van der Waals surface area (Å²) >= 11 is 6.05. The SMILES string of the molecule is Cn1c(COc2cccc(Cl)c2)nnc1C1CCC(c2cc([C@@H]3CC[C@@H](CC(=O)OC(C)(C)C)CO3)on2)CC1. The summed E-state index contributed by atoms with van der Waals surface area (Å²) in [6, 6.07) is 9.42. The first-order valence-electron chi connectivity index (χ1n) is 14.2. The van der Waals surface area contributed by atoms with Gasteiger partial charge in [0.2, 0.25) is 0 Å². The van der Waals surface area contributed by atoms with E-state index in [9.17, 15) is 4.79 Å². The average Bonchev–Trinajstić information content (AvgIpc) is 3.54. The zero-order valence-corrected chi connectivity index (χ0v) is 24.5. The maximum Gasteiger partial charge on any atom is 0.306 e. The molecule has 1 aromatic carbocycles. The predicted octanol–water partition coefficient (Wildman–Crippen LogP) is 6.68. The molecule has 40 heavy (non-hydrogen) atoms. The van der Waals surface area contributed by atoms with Gasteiger partial charge in [0.15, 0.2) is 11.6 Å². The lowest BCUT2D eigenvalue weighted by Gasteiger charge is -2.28. The van der Waals surface area contributed by atoms with Crippen LogP contribution in [0.2, 0.25) is 5.02 Å². The third-order valence-corrected chi connectivity index (χ3v) is 8.02. The lowest BCUT2D eigenvalue weighted by atomic mass is 9.80. The number of carbonyl (C=O) groups excluding carboxylic acids is 1. The number of hydrogen-bond donors (Lipinski definition) is 0. The van der Waals surface area contributed by atoms with E-state index in [1.807, 2.05) is 46.0 Å². The molecular formula is C30H39ClN4O5. The van der Waals surface area contributed by atoms with Gasteiger partial charge in [-0.05, 0) is 83.4 Å². The number of halogens is 1. The van der Waals surface area contributed by atoms with Crippen molar-refractivity contribution in [1.82, 2.24) is 19.9 Å². The molecule has 5 rings (SSSR count). The van der Waals surface area contributed by atoms with Crippen LogP contribution in [-0.4, -0.2) is 38.1 Å². The van der Waals surface area contributed by atoms with Gasteiger partial charge in [0.1, 0.15) is 29.9 Å². The molecule has 3 aromatic rings. The first-order valence-corrected chi connectivity index (χ1v) is 14.6. The van der Waals surface area contributed by atoms with Crippen LogP contribution in [0, 0.1) is 5.92 Å². The van der Waals surface area contributed by atoms with Gasteiger partial charge in [-0.3, -0.25) is 4.79 Å². The predicted molar refractivity (Wildman–Crippen MR) is 149 cm³/mol. The molecule has 0 spiro atoms. The Bertz CT molecular complexity index is 1280. The van der Waals surface area contributed by atoms with Crippen molar-refractivity contribution in [3.63, 3.8) is 0 Å². The molecule has 10 heteroatoms. The Morgan fingerprint density at radius 2 is 1.85 bits per heavy atom. The molecule has 3 heterocycles. The van der Waals surface area contributed by atoms with Crippen molar-refractivity contribution in [2.45, 2.75) is 95.9 Å². The van der Waals surface area contributed by atoms with Gasteiger partial charge < -0.3 is 23.3 Å². The van der Waals surface area contributed by atoms with Crippen LogP contribution in [0.1, 0.15) is 107 Å². The van der Waals surface area contributed by atoms with Crippen LogP contribution in [0.25, 0.3) is 0 Å². The largest absolute Gasteiger partial charge is 0.486 e. The summed E-state index contributed by atoms with van der Waals surface area (Å²) in [7, 11) is 2.00. The van der Waals surface area contributed by atoms with Gasteiger partial charge in [-0.2, -0.15) is 0 Å². The zero-order valence-electron chi connectivity index (χ0n) is 23.8. The van der Waals surface area contributed by atoms with Gasteiger partial charge in [-0.25, -0.2) is 0 Å². The smallest absolute Gasteiger partial charge is 0.306 e. The fraction of sp³-hybridized carbons (Fsp3) is 0.600. The molecule has 9 nitrogen and oxygen atoms in total. The summed E-state index contributed by atoms with van der Waals surface area (Å²) in [4.78, 5) is 12.2. The van der Waals surface area contributed by atoms with Crippen molar-refractivity contribution >= 4 is 17.6 Å². The number of aromatic nitrogens is 4. The van der Waals surface area contributed by atoms with Gasteiger partial charge in [0, 0.05) is 30.0 Å². The van der Waals surface area contributed by atoms with Crippen molar-refractivity contribution < 1.29 is 23.5 Å². The zero-order chi connectivity index (χ0) is 28.3. The lowest BCUT2D eigenvalue weighted by molar-refractivity contribution is -0.157. The van der Waals surface area contributed by atoms with Crippen LogP contribution in [0.3, 0.4) is 0 Å². The van der Waals surface area contributed by atoms with Crippen LogP contribution < -0.4 is 4.74 Å². The van der Waals surface area contributed by atoms with E-state index in [1.54, 1.807) is 6.07 Å². The second-order valence-corrected chi connectivity index (χ2v) is 12.5. The van der Waals surface area contributed by atoms with E-state index >= 15 is 0 Å². The summed E-state index contributed by atoms with van der Waals surface area (Å²) in [5, 5.41) is 13.9. The van der Waals surface area contributed by atoms with Crippen molar-refractivity contribution in [1.29, 1.82) is 0 Å². The van der Waals surface area contributed by atoms with Crippen molar-refractivity contribution in [3.8, 4) is 5.75 Å². The number of carbonyl (C=O) groups is 1. The molecule has 1 saturated heterocycles. The van der Waals surface area contributed by atoms with E-state index in [0.29, 0.717) is 42.2 Å². The molecule has 1 aliphatic heterocycles. The molecule has 2 aliphatic rings. The average molecular weight is 571 g/mol. The first kappa shape index (κ1) is 28.6. The third kappa shape index (κ3) is 7.23. The van der Waals surface area contributed by atoms with Gasteiger partial charge in [-0.15, -0.1) is 10.2 Å². The number of rotatable bonds is 8. The molecule has 0 bridgehead atoms. The normalized spacial score (nSPS) is 23.6. The highest BCUT2D eigenvalue weighted by Gasteiger charge is 2.32. The Labute approximate surface area is 240 Å². The van der Waals surface area contributed by atoms with Crippen LogP contribution >= 0.6 is 11.6 Å². The van der Waals surface area contributed by atoms with E-state index in [4.69, 9.17) is 30.3 Å². The first-order chi connectivity index (χ1) is 19.1. The molecule has 216 valence electrons. The van der Waals surface area contributed by atoms with Crippen LogP contribution in [0.4, 0.5) is 0 Å². The van der Waals surface area contributed by atoms with Gasteiger partial charge >= 0.3 is 5.97 Å². The van der Waals surface area contributed by atoms with E-state index in [2.05, 4.69) is 26.0 Å². The van der Waals surface area contributed by atoms with E-state index in [1.165, 1.54) is 0 Å². The third-order valence-electron chi connectivity index (χ3n) is 7.78. The highest BCUT2D eigenvalue weighted by Crippen LogP contribution is 2.41. The Balaban J connectivity index is 1.09. The van der Waals surface area contributed by atoms with Gasteiger partial charge in [0.05, 0.1) is 18.7 Å². The molecule has 2 atom stereocenters. The number of nitrogens with zero attached hydrogens (tertiary/aromatic N) is 4. The minimum Gasteiger partial charge on any atom is -0.486 e. The minimum atomic E-state index is -0.463. The van der Waals surface area contributed by atoms with E-state index in [0.717, 1.165) is 61.6 Å². The minimum absolute atomic E-state index is 0.112. The summed E-state index contributed by atoms with van der Waals surface area (Å²) in [5.74, 6) is 4.00. The molecule has 2 fully saturated rings. The number of esters is 1. The maximum absolute atomic E-state index is 12.2. The quantitative estimate of drug-likeness (QED) is 0.276. The van der Waals surface area contributed by atoms with Crippen molar-refractivity contribution in [2.24, 2.45) is 13.0 Å². The molecular weight excluding hydrogens is 532 g/mol. The standard InChI is InChI=1S/C30H39ClN4O5/c1-30(2,3)39-28(36)14-19-8-13-25(38-17-19)26-16-24(34-40-26)20-9-11-21(12-10-20)29-33-32-27(35(29)4)18-37-23-7-5-6-22(31)15-23/h5-7,15-16,19-21,25H,8-14,17-18H2,1-4H3/t19-,20?,21?,25-/m0/s1. The van der Waals surface area contributed by atoms with Crippen LogP contribution in [0.15, 0.2) is 34.9 Å². The molecule has 0 amide bonds. The molecule has 0 radical (unpaired) electrons. The monoisotopic (exact) mass is 570 g/mol. The van der Waals surface area contributed by atoms with Gasteiger partial charge in [0.25, 0.3) is 0 Å². The van der Waals surface area contributed by atoms with Crippen LogP contribution in [-0.2, 0) is 27.9 Å². The summed E-state index contributed by atoms with van der Waals surface area (Å²) in [6.45, 7) is 6.52. The van der Waals surface area contributed by atoms with Crippen molar-refractivity contribution in [3.05, 3.63) is 58.5 Å². The number of hydrogen-bond acceptors (Lipinski definition) is 8. The topological polar surface area (TPSA) is 102 Å². The highest BCUT2D eigenvalue weighted by atomic mass is 35.5. The van der Waals surface area contributed by atoms with E-state index < -0.39 is 5.60 Å². The van der Waals surface area contributed by atoms with Crippen molar-refractivity contribution in [2.75, 3.05) is 6.61 Å². The highest BCUT2D eigenvalue weighted by molar-refractivity contribution is 6.30. The Hall–Kier alpha value is -2.91. The fourth-order valence-electron chi connectivity index (χ4n) is 5.67. The molecule has 0 N–H and O–H groups in total. The maximum atomic E-state index is 12.2. The molecule has 1 aliphatic carbocycles. The fourth-order valence-corrected chi connectivity index (χ4v) is 5.85. The molecule has 0 unspecified atom stereocenters. The number of benzene rings is 1. The van der Waals surface area contributed by atoms with Crippen LogP contribution in [0.5, 0.6) is 5.75 Å². The molecule has 2 aromatic heterocycles. The number of ether oxygens (including phenoxy) is 3. The van der Waals surface area contributed by atoms with E-state index in [-0.39, 0.29) is 18.0 Å². The second kappa shape index (κ2) is 12.3. The van der Waals surface area contributed by atoms with Gasteiger partial charge in [-0.1, -0.05) is 22.8 Å². The Kier molecular flexibility index (Phi) is 8.80. The summed E-state index contributed by atoms with van der Waals surface area (Å²) < 4.78 is 25.2. The Morgan fingerprint density at radius 3 is 2.55 bits per heavy atom. The summed E-state index contributed by atoms with van der Waals surface area (Å²) in [5.41, 5.74) is 0.538. The summed E-state index contributed by atoms with van der Waals surface area (Å²) in [6.07, 6.45) is 6.04. The molecule has 1 saturated carbocycles. The second-order valence-electron chi connectivity index (χ2n) is 12.0.